The van der Waals surface area contributed by atoms with Gasteiger partial charge in [-0.05, 0) is 31.2 Å². The van der Waals surface area contributed by atoms with E-state index in [-0.39, 0.29) is 5.91 Å². The number of hydrogen-bond acceptors (Lipinski definition) is 4. The zero-order valence-corrected chi connectivity index (χ0v) is 12.0. The van der Waals surface area contributed by atoms with E-state index in [2.05, 4.69) is 10.5 Å². The highest BCUT2D eigenvalue weighted by molar-refractivity contribution is 5.94. The van der Waals surface area contributed by atoms with E-state index in [1.54, 1.807) is 0 Å². The number of carbonyl (C=O) groups excluding carboxylic acids is 1. The molecule has 0 fully saturated rings. The van der Waals surface area contributed by atoms with Crippen LogP contribution >= 0.6 is 0 Å². The van der Waals surface area contributed by atoms with Crippen LogP contribution in [0.15, 0.2) is 34.9 Å². The Morgan fingerprint density at radius 1 is 1.30 bits per heavy atom. The molecule has 0 atom stereocenters. The summed E-state index contributed by atoms with van der Waals surface area (Å²) in [7, 11) is 3.93. The molecule has 0 aliphatic carbocycles. The third kappa shape index (κ3) is 3.60. The van der Waals surface area contributed by atoms with Crippen molar-refractivity contribution >= 4 is 11.6 Å². The van der Waals surface area contributed by atoms with Crippen molar-refractivity contribution in [3.63, 3.8) is 0 Å². The van der Waals surface area contributed by atoms with E-state index in [0.717, 1.165) is 17.1 Å². The molecule has 2 aromatic rings. The molecule has 1 heterocycles. The fourth-order valence-corrected chi connectivity index (χ4v) is 1.85. The van der Waals surface area contributed by atoms with Crippen molar-refractivity contribution in [3.05, 3.63) is 47.3 Å². The first-order valence-electron chi connectivity index (χ1n) is 6.54. The Balaban J connectivity index is 1.85. The average molecular weight is 273 g/mol. The molecule has 5 heteroatoms. The third-order valence-corrected chi connectivity index (χ3v) is 2.98. The van der Waals surface area contributed by atoms with Gasteiger partial charge < -0.3 is 14.7 Å². The highest BCUT2D eigenvalue weighted by Crippen LogP contribution is 2.12. The molecule has 1 aromatic carbocycles. The minimum atomic E-state index is -0.0773. The second-order valence-electron chi connectivity index (χ2n) is 4.88. The number of carbonyl (C=O) groups is 1. The first-order chi connectivity index (χ1) is 9.56. The van der Waals surface area contributed by atoms with Gasteiger partial charge in [-0.3, -0.25) is 4.79 Å². The van der Waals surface area contributed by atoms with Crippen molar-refractivity contribution in [2.75, 3.05) is 25.5 Å². The molecule has 0 saturated heterocycles. The number of anilines is 1. The first-order valence-corrected chi connectivity index (χ1v) is 6.54. The minimum Gasteiger partial charge on any atom is -0.378 e. The van der Waals surface area contributed by atoms with Crippen molar-refractivity contribution in [2.24, 2.45) is 0 Å². The molecule has 106 valence electrons. The van der Waals surface area contributed by atoms with Crippen LogP contribution in [0, 0.1) is 6.92 Å². The molecule has 2 rings (SSSR count). The summed E-state index contributed by atoms with van der Waals surface area (Å²) in [6.45, 7) is 2.40. The van der Waals surface area contributed by atoms with E-state index in [4.69, 9.17) is 4.52 Å². The van der Waals surface area contributed by atoms with Gasteiger partial charge in [0.1, 0.15) is 5.76 Å². The van der Waals surface area contributed by atoms with Crippen molar-refractivity contribution in [3.8, 4) is 0 Å². The molecule has 0 unspecified atom stereocenters. The van der Waals surface area contributed by atoms with Gasteiger partial charge in [0, 0.05) is 44.4 Å². The number of amides is 1. The SMILES string of the molecule is Cc1cc(CCNC(=O)c2ccc(N(C)C)cc2)on1. The number of rotatable bonds is 5. The lowest BCUT2D eigenvalue weighted by molar-refractivity contribution is 0.0953. The van der Waals surface area contributed by atoms with Crippen molar-refractivity contribution in [2.45, 2.75) is 13.3 Å². The summed E-state index contributed by atoms with van der Waals surface area (Å²) < 4.78 is 5.09. The van der Waals surface area contributed by atoms with E-state index < -0.39 is 0 Å². The van der Waals surface area contributed by atoms with Crippen LogP contribution in [0.1, 0.15) is 21.8 Å². The summed E-state index contributed by atoms with van der Waals surface area (Å²) in [5, 5.41) is 6.67. The summed E-state index contributed by atoms with van der Waals surface area (Å²) in [5.41, 5.74) is 2.58. The fourth-order valence-electron chi connectivity index (χ4n) is 1.85. The van der Waals surface area contributed by atoms with Crippen LogP contribution in [-0.2, 0) is 6.42 Å². The minimum absolute atomic E-state index is 0.0773. The molecule has 20 heavy (non-hydrogen) atoms. The van der Waals surface area contributed by atoms with Crippen LogP contribution in [0.25, 0.3) is 0 Å². The predicted molar refractivity (Wildman–Crippen MR) is 78.0 cm³/mol. The number of aromatic nitrogens is 1. The lowest BCUT2D eigenvalue weighted by Crippen LogP contribution is -2.25. The van der Waals surface area contributed by atoms with Gasteiger partial charge in [-0.15, -0.1) is 0 Å². The van der Waals surface area contributed by atoms with Crippen LogP contribution in [0.4, 0.5) is 5.69 Å². The molecule has 0 radical (unpaired) electrons. The van der Waals surface area contributed by atoms with E-state index in [0.29, 0.717) is 18.5 Å². The molecular formula is C15H19N3O2. The summed E-state index contributed by atoms with van der Waals surface area (Å²) in [5.74, 6) is 0.706. The zero-order valence-electron chi connectivity index (χ0n) is 12.0. The molecule has 0 bridgehead atoms. The second-order valence-corrected chi connectivity index (χ2v) is 4.88. The molecule has 1 aromatic heterocycles. The number of nitrogens with one attached hydrogen (secondary N) is 1. The maximum atomic E-state index is 12.0. The Hall–Kier alpha value is -2.30. The number of nitrogens with zero attached hydrogens (tertiary/aromatic N) is 2. The number of hydrogen-bond donors (Lipinski definition) is 1. The normalized spacial score (nSPS) is 10.3. The Kier molecular flexibility index (Phi) is 4.40. The molecule has 1 amide bonds. The summed E-state index contributed by atoms with van der Waals surface area (Å²) in [6.07, 6.45) is 0.641. The summed E-state index contributed by atoms with van der Waals surface area (Å²) in [6, 6.07) is 9.37. The molecular weight excluding hydrogens is 254 g/mol. The first kappa shape index (κ1) is 14.1. The lowest BCUT2D eigenvalue weighted by atomic mass is 10.2. The van der Waals surface area contributed by atoms with Gasteiger partial charge in [-0.1, -0.05) is 5.16 Å². The maximum Gasteiger partial charge on any atom is 0.251 e. The quantitative estimate of drug-likeness (QED) is 0.905. The Bertz CT molecular complexity index is 573. The van der Waals surface area contributed by atoms with Gasteiger partial charge in [-0.25, -0.2) is 0 Å². The lowest BCUT2D eigenvalue weighted by Gasteiger charge is -2.12. The highest BCUT2D eigenvalue weighted by Gasteiger charge is 2.06. The van der Waals surface area contributed by atoms with Gasteiger partial charge in [0.25, 0.3) is 5.91 Å². The van der Waals surface area contributed by atoms with Crippen molar-refractivity contribution in [1.29, 1.82) is 0 Å². The summed E-state index contributed by atoms with van der Waals surface area (Å²) in [4.78, 5) is 13.9. The molecule has 0 spiro atoms. The van der Waals surface area contributed by atoms with Gasteiger partial charge >= 0.3 is 0 Å². The predicted octanol–water partition coefficient (Wildman–Crippen LogP) is 2.02. The number of benzene rings is 1. The smallest absolute Gasteiger partial charge is 0.251 e. The monoisotopic (exact) mass is 273 g/mol. The Morgan fingerprint density at radius 3 is 2.55 bits per heavy atom. The average Bonchev–Trinajstić information content (AvgIpc) is 2.84. The number of aryl methyl sites for hydroxylation is 1. The van der Waals surface area contributed by atoms with E-state index in [9.17, 15) is 4.79 Å². The second kappa shape index (κ2) is 6.23. The standard InChI is InChI=1S/C15H19N3O2/c1-11-10-14(20-17-11)8-9-16-15(19)12-4-6-13(7-5-12)18(2)3/h4-7,10H,8-9H2,1-3H3,(H,16,19). The Morgan fingerprint density at radius 2 is 2.00 bits per heavy atom. The summed E-state index contributed by atoms with van der Waals surface area (Å²) >= 11 is 0. The van der Waals surface area contributed by atoms with Gasteiger partial charge in [0.15, 0.2) is 0 Å². The largest absolute Gasteiger partial charge is 0.378 e. The van der Waals surface area contributed by atoms with Gasteiger partial charge in [0.05, 0.1) is 5.69 Å². The van der Waals surface area contributed by atoms with Crippen LogP contribution in [0.3, 0.4) is 0 Å². The van der Waals surface area contributed by atoms with Crippen LogP contribution in [0.5, 0.6) is 0 Å². The van der Waals surface area contributed by atoms with Crippen molar-refractivity contribution < 1.29 is 9.32 Å². The van der Waals surface area contributed by atoms with Crippen LogP contribution < -0.4 is 10.2 Å². The molecule has 0 aliphatic heterocycles. The van der Waals surface area contributed by atoms with E-state index >= 15 is 0 Å². The highest BCUT2D eigenvalue weighted by atomic mass is 16.5. The van der Waals surface area contributed by atoms with Crippen LogP contribution in [0.2, 0.25) is 0 Å². The Labute approximate surface area is 118 Å². The molecule has 5 nitrogen and oxygen atoms in total. The topological polar surface area (TPSA) is 58.4 Å². The molecule has 0 saturated carbocycles. The van der Waals surface area contributed by atoms with E-state index in [1.165, 1.54) is 0 Å². The third-order valence-electron chi connectivity index (χ3n) is 2.98. The molecule has 1 N–H and O–H groups in total. The zero-order chi connectivity index (χ0) is 14.5. The van der Waals surface area contributed by atoms with Gasteiger partial charge in [-0.2, -0.15) is 0 Å². The van der Waals surface area contributed by atoms with Crippen molar-refractivity contribution in [1.82, 2.24) is 10.5 Å². The molecule has 0 aliphatic rings. The fraction of sp³-hybridized carbons (Fsp3) is 0.333. The van der Waals surface area contributed by atoms with E-state index in [1.807, 2.05) is 56.3 Å². The van der Waals surface area contributed by atoms with Gasteiger partial charge in [0.2, 0.25) is 0 Å². The maximum absolute atomic E-state index is 12.0. The van der Waals surface area contributed by atoms with Crippen LogP contribution in [-0.4, -0.2) is 31.7 Å².